The molecule has 0 aliphatic carbocycles. The van der Waals surface area contributed by atoms with E-state index < -0.39 is 11.9 Å². The largest absolute Gasteiger partial charge is 0.508 e. The number of carbonyl (C=O) groups excluding carboxylic acids is 1. The molecule has 0 radical (unpaired) electrons. The SMILES string of the molecule is CCOc1ccc(N2C(=O)c3oc4ccccc4c(=O)c3C2c2cccc(O)c2)cc1. The van der Waals surface area contributed by atoms with Gasteiger partial charge >= 0.3 is 0 Å². The monoisotopic (exact) mass is 413 g/mol. The number of nitrogens with zero attached hydrogens (tertiary/aromatic N) is 1. The van der Waals surface area contributed by atoms with Crippen LogP contribution >= 0.6 is 0 Å². The topological polar surface area (TPSA) is 80.0 Å². The van der Waals surface area contributed by atoms with Gasteiger partial charge in [-0.3, -0.25) is 14.5 Å². The molecule has 6 heteroatoms. The van der Waals surface area contributed by atoms with Crippen molar-refractivity contribution < 1.29 is 19.1 Å². The molecular formula is C25H19NO5. The van der Waals surface area contributed by atoms with Crippen LogP contribution in [0.4, 0.5) is 5.69 Å². The van der Waals surface area contributed by atoms with E-state index in [4.69, 9.17) is 9.15 Å². The number of benzene rings is 3. The minimum absolute atomic E-state index is 0.0194. The van der Waals surface area contributed by atoms with Gasteiger partial charge in [0.1, 0.15) is 17.1 Å². The van der Waals surface area contributed by atoms with Gasteiger partial charge in [-0.05, 0) is 61.0 Å². The Morgan fingerprint density at radius 1 is 1.00 bits per heavy atom. The number of ether oxygens (including phenoxy) is 1. The number of carbonyl (C=O) groups is 1. The average molecular weight is 413 g/mol. The minimum Gasteiger partial charge on any atom is -0.508 e. The van der Waals surface area contributed by atoms with Crippen LogP contribution in [0.25, 0.3) is 11.0 Å². The number of fused-ring (bicyclic) bond motifs is 2. The number of hydrogen-bond acceptors (Lipinski definition) is 5. The molecule has 31 heavy (non-hydrogen) atoms. The molecule has 5 rings (SSSR count). The molecule has 2 heterocycles. The molecule has 1 amide bonds. The van der Waals surface area contributed by atoms with E-state index in [-0.39, 0.29) is 22.5 Å². The van der Waals surface area contributed by atoms with Crippen molar-refractivity contribution in [2.24, 2.45) is 0 Å². The second-order valence-electron chi connectivity index (χ2n) is 7.27. The van der Waals surface area contributed by atoms with Crippen LogP contribution in [0.15, 0.2) is 82.0 Å². The summed E-state index contributed by atoms with van der Waals surface area (Å²) >= 11 is 0. The molecule has 4 aromatic rings. The zero-order valence-corrected chi connectivity index (χ0v) is 16.7. The highest BCUT2D eigenvalue weighted by Gasteiger charge is 2.43. The lowest BCUT2D eigenvalue weighted by Crippen LogP contribution is -2.29. The molecule has 1 atom stereocenters. The zero-order chi connectivity index (χ0) is 21.5. The molecule has 6 nitrogen and oxygen atoms in total. The Labute approximate surface area is 177 Å². The number of phenols is 1. The summed E-state index contributed by atoms with van der Waals surface area (Å²) in [6, 6.07) is 19.8. The fourth-order valence-electron chi connectivity index (χ4n) is 4.07. The second kappa shape index (κ2) is 7.32. The fraction of sp³-hybridized carbons (Fsp3) is 0.120. The summed E-state index contributed by atoms with van der Waals surface area (Å²) in [5.74, 6) is 0.348. The van der Waals surface area contributed by atoms with Gasteiger partial charge in [-0.2, -0.15) is 0 Å². The number of amides is 1. The van der Waals surface area contributed by atoms with E-state index in [1.807, 2.05) is 6.92 Å². The summed E-state index contributed by atoms with van der Waals surface area (Å²) in [5.41, 5.74) is 1.58. The summed E-state index contributed by atoms with van der Waals surface area (Å²) in [6.07, 6.45) is 0. The summed E-state index contributed by atoms with van der Waals surface area (Å²) < 4.78 is 11.4. The first kappa shape index (κ1) is 18.9. The molecule has 0 saturated carbocycles. The van der Waals surface area contributed by atoms with Gasteiger partial charge in [-0.15, -0.1) is 0 Å². The van der Waals surface area contributed by atoms with Crippen LogP contribution in [0.3, 0.4) is 0 Å². The van der Waals surface area contributed by atoms with Crippen molar-refractivity contribution in [2.75, 3.05) is 11.5 Å². The molecule has 1 aromatic heterocycles. The van der Waals surface area contributed by atoms with Gasteiger partial charge in [0.25, 0.3) is 5.91 Å². The van der Waals surface area contributed by atoms with Gasteiger partial charge in [0.15, 0.2) is 5.43 Å². The molecule has 0 spiro atoms. The first-order valence-corrected chi connectivity index (χ1v) is 9.99. The van der Waals surface area contributed by atoms with Crippen LogP contribution in [0.1, 0.15) is 34.6 Å². The molecular weight excluding hydrogens is 394 g/mol. The van der Waals surface area contributed by atoms with Crippen LogP contribution in [0.5, 0.6) is 11.5 Å². The first-order valence-electron chi connectivity index (χ1n) is 9.99. The molecule has 1 unspecified atom stereocenters. The Morgan fingerprint density at radius 3 is 2.52 bits per heavy atom. The van der Waals surface area contributed by atoms with Gasteiger partial charge in [0.2, 0.25) is 5.76 Å². The summed E-state index contributed by atoms with van der Waals surface area (Å²) in [6.45, 7) is 2.43. The quantitative estimate of drug-likeness (QED) is 0.527. The number of rotatable bonds is 4. The lowest BCUT2D eigenvalue weighted by atomic mass is 9.98. The maximum absolute atomic E-state index is 13.5. The van der Waals surface area contributed by atoms with Crippen LogP contribution in [-0.4, -0.2) is 17.6 Å². The van der Waals surface area contributed by atoms with Gasteiger partial charge in [-0.25, -0.2) is 0 Å². The predicted molar refractivity (Wildman–Crippen MR) is 117 cm³/mol. The van der Waals surface area contributed by atoms with Gasteiger partial charge in [0, 0.05) is 5.69 Å². The maximum Gasteiger partial charge on any atom is 0.295 e. The van der Waals surface area contributed by atoms with E-state index in [0.717, 1.165) is 0 Å². The summed E-state index contributed by atoms with van der Waals surface area (Å²) in [5, 5.41) is 10.5. The maximum atomic E-state index is 13.5. The first-order chi connectivity index (χ1) is 15.1. The van der Waals surface area contributed by atoms with Crippen molar-refractivity contribution in [2.45, 2.75) is 13.0 Å². The van der Waals surface area contributed by atoms with Crippen LogP contribution in [-0.2, 0) is 0 Å². The van der Waals surface area contributed by atoms with Crippen molar-refractivity contribution in [3.05, 3.63) is 99.9 Å². The van der Waals surface area contributed by atoms with Gasteiger partial charge < -0.3 is 14.3 Å². The predicted octanol–water partition coefficient (Wildman–Crippen LogP) is 4.65. The molecule has 154 valence electrons. The van der Waals surface area contributed by atoms with Crippen molar-refractivity contribution in [1.82, 2.24) is 0 Å². The van der Waals surface area contributed by atoms with E-state index in [1.165, 1.54) is 4.90 Å². The van der Waals surface area contributed by atoms with Crippen LogP contribution in [0, 0.1) is 0 Å². The lowest BCUT2D eigenvalue weighted by molar-refractivity contribution is 0.0971. The smallest absolute Gasteiger partial charge is 0.295 e. The summed E-state index contributed by atoms with van der Waals surface area (Å²) in [4.78, 5) is 28.4. The normalized spacial score (nSPS) is 15.3. The molecule has 0 fully saturated rings. The lowest BCUT2D eigenvalue weighted by Gasteiger charge is -2.25. The molecule has 1 aliphatic rings. The standard InChI is InChI=1S/C25H19NO5/c1-2-30-18-12-10-16(11-13-18)26-22(15-6-5-7-17(27)14-15)21-23(28)19-8-3-4-9-20(19)31-24(21)25(26)29/h3-14,22,27H,2H2,1H3. The van der Waals surface area contributed by atoms with Gasteiger partial charge in [0.05, 0.1) is 23.6 Å². The Hall–Kier alpha value is -4.06. The summed E-state index contributed by atoms with van der Waals surface area (Å²) in [7, 11) is 0. The number of anilines is 1. The van der Waals surface area contributed by atoms with E-state index in [2.05, 4.69) is 0 Å². The van der Waals surface area contributed by atoms with Gasteiger partial charge in [-0.1, -0.05) is 24.3 Å². The molecule has 1 N–H and O–H groups in total. The number of aromatic hydroxyl groups is 1. The van der Waals surface area contributed by atoms with Crippen molar-refractivity contribution in [3.8, 4) is 11.5 Å². The Kier molecular flexibility index (Phi) is 4.47. The highest BCUT2D eigenvalue weighted by Crippen LogP contribution is 2.42. The Morgan fingerprint density at radius 2 is 1.77 bits per heavy atom. The van der Waals surface area contributed by atoms with Crippen LogP contribution in [0.2, 0.25) is 0 Å². The number of para-hydroxylation sites is 1. The Balaban J connectivity index is 1.75. The van der Waals surface area contributed by atoms with E-state index in [1.54, 1.807) is 72.8 Å². The third-order valence-corrected chi connectivity index (χ3v) is 5.39. The number of phenolic OH excluding ortho intramolecular Hbond substituents is 1. The fourth-order valence-corrected chi connectivity index (χ4v) is 4.07. The molecule has 0 bridgehead atoms. The highest BCUT2D eigenvalue weighted by molar-refractivity contribution is 6.10. The zero-order valence-electron chi connectivity index (χ0n) is 16.7. The van der Waals surface area contributed by atoms with Crippen molar-refractivity contribution in [3.63, 3.8) is 0 Å². The highest BCUT2D eigenvalue weighted by atomic mass is 16.5. The third kappa shape index (κ3) is 3.04. The van der Waals surface area contributed by atoms with Crippen molar-refractivity contribution in [1.29, 1.82) is 0 Å². The van der Waals surface area contributed by atoms with E-state index >= 15 is 0 Å². The molecule has 3 aromatic carbocycles. The second-order valence-corrected chi connectivity index (χ2v) is 7.27. The van der Waals surface area contributed by atoms with Crippen molar-refractivity contribution >= 4 is 22.6 Å². The Bertz CT molecular complexity index is 1360. The van der Waals surface area contributed by atoms with E-state index in [9.17, 15) is 14.7 Å². The third-order valence-electron chi connectivity index (χ3n) is 5.39. The van der Waals surface area contributed by atoms with Crippen LogP contribution < -0.4 is 15.1 Å². The average Bonchev–Trinajstić information content (AvgIpc) is 3.07. The molecule has 1 aliphatic heterocycles. The van der Waals surface area contributed by atoms with E-state index in [0.29, 0.717) is 34.6 Å². The number of hydrogen-bond donors (Lipinski definition) is 1. The molecule has 0 saturated heterocycles. The minimum atomic E-state index is -0.728.